The molecule has 3 aromatic rings. The number of thioether (sulfide) groups is 1. The summed E-state index contributed by atoms with van der Waals surface area (Å²) in [6, 6.07) is 12.5. The van der Waals surface area contributed by atoms with E-state index < -0.39 is 6.43 Å². The lowest BCUT2D eigenvalue weighted by Gasteiger charge is -2.07. The van der Waals surface area contributed by atoms with Crippen molar-refractivity contribution in [3.8, 4) is 17.5 Å². The van der Waals surface area contributed by atoms with E-state index in [2.05, 4.69) is 15.2 Å². The second kappa shape index (κ2) is 7.40. The smallest absolute Gasteiger partial charge is 0.280 e. The second-order valence-corrected chi connectivity index (χ2v) is 6.08. The molecule has 0 aliphatic rings. The van der Waals surface area contributed by atoms with Crippen molar-refractivity contribution in [2.75, 3.05) is 0 Å². The summed E-state index contributed by atoms with van der Waals surface area (Å²) in [4.78, 5) is 3.88. The zero-order valence-corrected chi connectivity index (χ0v) is 13.9. The molecule has 25 heavy (non-hydrogen) atoms. The molecule has 1 aromatic carbocycles. The molecule has 0 fully saturated rings. The van der Waals surface area contributed by atoms with E-state index in [1.807, 2.05) is 36.4 Å². The standard InChI is InChI=1S/C17H12F2N4OS/c1-10-7-13(15(18)19)21-17(12(10)8-20)25-9-14-22-23-16(24-14)11-5-3-2-4-6-11/h2-7,15H,9H2,1H3. The normalized spacial score (nSPS) is 10.8. The van der Waals surface area contributed by atoms with Gasteiger partial charge in [0.25, 0.3) is 6.43 Å². The van der Waals surface area contributed by atoms with Crippen LogP contribution in [0.4, 0.5) is 8.78 Å². The van der Waals surface area contributed by atoms with Gasteiger partial charge in [0.1, 0.15) is 16.8 Å². The number of halogens is 2. The highest BCUT2D eigenvalue weighted by Crippen LogP contribution is 2.30. The third kappa shape index (κ3) is 3.83. The van der Waals surface area contributed by atoms with Crippen LogP contribution in [0.1, 0.15) is 29.1 Å². The molecule has 0 saturated heterocycles. The minimum absolute atomic E-state index is 0.230. The summed E-state index contributed by atoms with van der Waals surface area (Å²) in [5, 5.41) is 17.4. The summed E-state index contributed by atoms with van der Waals surface area (Å²) >= 11 is 1.12. The Hall–Kier alpha value is -2.79. The Kier molecular flexibility index (Phi) is 5.05. The van der Waals surface area contributed by atoms with Crippen LogP contribution in [-0.4, -0.2) is 15.2 Å². The number of aryl methyl sites for hydroxylation is 1. The summed E-state index contributed by atoms with van der Waals surface area (Å²) in [5.74, 6) is 0.935. The zero-order chi connectivity index (χ0) is 17.8. The van der Waals surface area contributed by atoms with E-state index in [-0.39, 0.29) is 22.0 Å². The maximum absolute atomic E-state index is 12.9. The van der Waals surface area contributed by atoms with Gasteiger partial charge in [-0.3, -0.25) is 0 Å². The number of aromatic nitrogens is 3. The van der Waals surface area contributed by atoms with Crippen LogP contribution in [0.2, 0.25) is 0 Å². The Labute approximate surface area is 146 Å². The van der Waals surface area contributed by atoms with E-state index in [0.29, 0.717) is 17.3 Å². The number of benzene rings is 1. The van der Waals surface area contributed by atoms with Crippen molar-refractivity contribution in [2.24, 2.45) is 0 Å². The Morgan fingerprint density at radius 3 is 2.68 bits per heavy atom. The first-order valence-corrected chi connectivity index (χ1v) is 8.27. The molecule has 5 nitrogen and oxygen atoms in total. The first-order chi connectivity index (χ1) is 12.1. The molecule has 0 aliphatic heterocycles. The summed E-state index contributed by atoms with van der Waals surface area (Å²) in [6.07, 6.45) is -2.70. The number of nitriles is 1. The van der Waals surface area contributed by atoms with Gasteiger partial charge in [-0.1, -0.05) is 30.0 Å². The Morgan fingerprint density at radius 1 is 1.24 bits per heavy atom. The molecule has 126 valence electrons. The lowest BCUT2D eigenvalue weighted by Crippen LogP contribution is -1.98. The summed E-state index contributed by atoms with van der Waals surface area (Å²) in [6.45, 7) is 1.61. The van der Waals surface area contributed by atoms with Crippen LogP contribution in [0.15, 0.2) is 45.8 Å². The van der Waals surface area contributed by atoms with E-state index in [1.54, 1.807) is 6.92 Å². The molecule has 0 radical (unpaired) electrons. The molecule has 0 saturated carbocycles. The first kappa shape index (κ1) is 17.0. The Bertz CT molecular complexity index is 922. The quantitative estimate of drug-likeness (QED) is 0.623. The third-order valence-corrected chi connectivity index (χ3v) is 4.32. The van der Waals surface area contributed by atoms with Crippen LogP contribution in [-0.2, 0) is 5.75 Å². The highest BCUT2D eigenvalue weighted by Gasteiger charge is 2.17. The van der Waals surface area contributed by atoms with Crippen molar-refractivity contribution in [3.63, 3.8) is 0 Å². The SMILES string of the molecule is Cc1cc(C(F)F)nc(SCc2nnc(-c3ccccc3)o2)c1C#N. The Balaban J connectivity index is 1.80. The third-order valence-electron chi connectivity index (χ3n) is 3.36. The Morgan fingerprint density at radius 2 is 2.00 bits per heavy atom. The zero-order valence-electron chi connectivity index (χ0n) is 13.1. The first-order valence-electron chi connectivity index (χ1n) is 7.29. The monoisotopic (exact) mass is 358 g/mol. The molecular formula is C17H12F2N4OS. The fraction of sp³-hybridized carbons (Fsp3) is 0.176. The van der Waals surface area contributed by atoms with Crippen molar-refractivity contribution in [1.29, 1.82) is 5.26 Å². The highest BCUT2D eigenvalue weighted by atomic mass is 32.2. The fourth-order valence-corrected chi connectivity index (χ4v) is 3.06. The molecule has 0 bridgehead atoms. The topological polar surface area (TPSA) is 75.6 Å². The minimum atomic E-state index is -2.70. The second-order valence-electron chi connectivity index (χ2n) is 5.11. The van der Waals surface area contributed by atoms with Crippen molar-refractivity contribution < 1.29 is 13.2 Å². The molecule has 2 heterocycles. The van der Waals surface area contributed by atoms with E-state index in [0.717, 1.165) is 17.3 Å². The van der Waals surface area contributed by atoms with Gasteiger partial charge in [-0.15, -0.1) is 10.2 Å². The molecule has 0 N–H and O–H groups in total. The van der Waals surface area contributed by atoms with Crippen LogP contribution in [0, 0.1) is 18.3 Å². The van der Waals surface area contributed by atoms with Crippen molar-refractivity contribution in [1.82, 2.24) is 15.2 Å². The predicted molar refractivity (Wildman–Crippen MR) is 87.9 cm³/mol. The number of hydrogen-bond donors (Lipinski definition) is 0. The summed E-state index contributed by atoms with van der Waals surface area (Å²) in [7, 11) is 0. The molecule has 0 unspecified atom stereocenters. The lowest BCUT2D eigenvalue weighted by molar-refractivity contribution is 0.145. The number of rotatable bonds is 5. The molecular weight excluding hydrogens is 346 g/mol. The minimum Gasteiger partial charge on any atom is -0.420 e. The van der Waals surface area contributed by atoms with Crippen LogP contribution in [0.25, 0.3) is 11.5 Å². The molecule has 0 atom stereocenters. The molecule has 8 heteroatoms. The molecule has 0 spiro atoms. The van der Waals surface area contributed by atoms with Gasteiger partial charge in [0, 0.05) is 5.56 Å². The fourth-order valence-electron chi connectivity index (χ4n) is 2.16. The van der Waals surface area contributed by atoms with E-state index >= 15 is 0 Å². The van der Waals surface area contributed by atoms with Crippen molar-refractivity contribution >= 4 is 11.8 Å². The van der Waals surface area contributed by atoms with E-state index in [4.69, 9.17) is 4.42 Å². The maximum atomic E-state index is 12.9. The average Bonchev–Trinajstić information content (AvgIpc) is 3.09. The van der Waals surface area contributed by atoms with Gasteiger partial charge in [0.2, 0.25) is 11.8 Å². The van der Waals surface area contributed by atoms with E-state index in [9.17, 15) is 14.0 Å². The van der Waals surface area contributed by atoms with Crippen molar-refractivity contribution in [2.45, 2.75) is 24.1 Å². The van der Waals surface area contributed by atoms with Crippen LogP contribution in [0.5, 0.6) is 0 Å². The van der Waals surface area contributed by atoms with Gasteiger partial charge in [-0.2, -0.15) is 5.26 Å². The number of nitrogens with zero attached hydrogens (tertiary/aromatic N) is 4. The summed E-state index contributed by atoms with van der Waals surface area (Å²) in [5.41, 5.74) is 1.18. The van der Waals surface area contributed by atoms with Gasteiger partial charge < -0.3 is 4.42 Å². The molecule has 2 aromatic heterocycles. The van der Waals surface area contributed by atoms with Gasteiger partial charge in [0.05, 0.1) is 11.3 Å². The van der Waals surface area contributed by atoms with E-state index in [1.165, 1.54) is 6.07 Å². The molecule has 3 rings (SSSR count). The van der Waals surface area contributed by atoms with Crippen LogP contribution < -0.4 is 0 Å². The van der Waals surface area contributed by atoms with Gasteiger partial charge in [-0.25, -0.2) is 13.8 Å². The van der Waals surface area contributed by atoms with Crippen LogP contribution in [0.3, 0.4) is 0 Å². The average molecular weight is 358 g/mol. The molecule has 0 aliphatic carbocycles. The van der Waals surface area contributed by atoms with Gasteiger partial charge in [0.15, 0.2) is 0 Å². The van der Waals surface area contributed by atoms with Crippen LogP contribution >= 0.6 is 11.8 Å². The maximum Gasteiger partial charge on any atom is 0.280 e. The largest absolute Gasteiger partial charge is 0.420 e. The highest BCUT2D eigenvalue weighted by molar-refractivity contribution is 7.98. The number of hydrogen-bond acceptors (Lipinski definition) is 6. The lowest BCUT2D eigenvalue weighted by atomic mass is 10.1. The number of alkyl halides is 2. The van der Waals surface area contributed by atoms with Gasteiger partial charge >= 0.3 is 0 Å². The number of pyridine rings is 1. The molecule has 0 amide bonds. The predicted octanol–water partition coefficient (Wildman–Crippen LogP) is 4.54. The van der Waals surface area contributed by atoms with Crippen molar-refractivity contribution in [3.05, 3.63) is 59.1 Å². The summed E-state index contributed by atoms with van der Waals surface area (Å²) < 4.78 is 31.4. The van der Waals surface area contributed by atoms with Gasteiger partial charge in [-0.05, 0) is 30.7 Å².